The predicted octanol–water partition coefficient (Wildman–Crippen LogP) is 1.51. The number of rotatable bonds is 6. The Balaban J connectivity index is 2.35. The molecule has 1 N–H and O–H groups in total. The smallest absolute Gasteiger partial charge is 0.407 e. The van der Waals surface area contributed by atoms with Crippen LogP contribution in [0.5, 0.6) is 0 Å². The van der Waals surface area contributed by atoms with Crippen molar-refractivity contribution in [3.63, 3.8) is 0 Å². The molecule has 6 heteroatoms. The number of nitrogens with one attached hydrogen (secondary N) is 1. The lowest BCUT2D eigenvalue weighted by Gasteiger charge is -2.19. The Kier molecular flexibility index (Phi) is 6.01. The van der Waals surface area contributed by atoms with Gasteiger partial charge in [-0.05, 0) is 34.9 Å². The van der Waals surface area contributed by atoms with E-state index in [0.717, 1.165) is 25.2 Å². The topological polar surface area (TPSA) is 59.4 Å². The largest absolute Gasteiger partial charge is 0.444 e. The number of alkyl carbamates (subject to hydrolysis) is 1. The Morgan fingerprint density at radius 1 is 1.45 bits per heavy atom. The van der Waals surface area contributed by atoms with E-state index in [2.05, 4.69) is 19.8 Å². The summed E-state index contributed by atoms with van der Waals surface area (Å²) in [4.78, 5) is 17.8. The molecule has 0 saturated carbocycles. The summed E-state index contributed by atoms with van der Waals surface area (Å²) in [5, 5.41) is 2.76. The van der Waals surface area contributed by atoms with E-state index in [1.54, 1.807) is 0 Å². The van der Waals surface area contributed by atoms with Crippen LogP contribution >= 0.6 is 0 Å². The van der Waals surface area contributed by atoms with Gasteiger partial charge in [-0.1, -0.05) is 0 Å². The lowest BCUT2D eigenvalue weighted by Crippen LogP contribution is -2.33. The first kappa shape index (κ1) is 16.5. The average molecular weight is 282 g/mol. The maximum absolute atomic E-state index is 11.5. The van der Waals surface area contributed by atoms with Gasteiger partial charge in [-0.25, -0.2) is 9.78 Å². The number of hydrogen-bond donors (Lipinski definition) is 1. The van der Waals surface area contributed by atoms with E-state index < -0.39 is 5.60 Å². The van der Waals surface area contributed by atoms with Crippen LogP contribution in [0, 0.1) is 0 Å². The van der Waals surface area contributed by atoms with Crippen molar-refractivity contribution in [2.75, 3.05) is 27.2 Å². The van der Waals surface area contributed by atoms with E-state index in [1.165, 1.54) is 0 Å². The molecule has 1 aromatic rings. The number of nitrogens with zero attached hydrogens (tertiary/aromatic N) is 3. The van der Waals surface area contributed by atoms with Crippen LogP contribution < -0.4 is 5.32 Å². The fourth-order valence-electron chi connectivity index (χ4n) is 1.67. The van der Waals surface area contributed by atoms with Gasteiger partial charge in [0.05, 0.1) is 6.33 Å². The molecule has 1 aromatic heterocycles. The van der Waals surface area contributed by atoms with Gasteiger partial charge in [0.15, 0.2) is 0 Å². The Labute approximate surface area is 121 Å². The van der Waals surface area contributed by atoms with E-state index >= 15 is 0 Å². The van der Waals surface area contributed by atoms with Gasteiger partial charge in [-0.3, -0.25) is 0 Å². The summed E-state index contributed by atoms with van der Waals surface area (Å²) in [6.45, 7) is 7.95. The highest BCUT2D eigenvalue weighted by Gasteiger charge is 2.15. The molecule has 0 atom stereocenters. The van der Waals surface area contributed by atoms with Crippen LogP contribution in [0.2, 0.25) is 0 Å². The lowest BCUT2D eigenvalue weighted by molar-refractivity contribution is 0.0528. The van der Waals surface area contributed by atoms with E-state index in [-0.39, 0.29) is 6.09 Å². The number of carbonyl (C=O) groups is 1. The number of aromatic nitrogens is 2. The molecule has 1 heterocycles. The van der Waals surface area contributed by atoms with Gasteiger partial charge in [0.1, 0.15) is 5.60 Å². The highest BCUT2D eigenvalue weighted by molar-refractivity contribution is 5.67. The van der Waals surface area contributed by atoms with Crippen LogP contribution in [0.25, 0.3) is 0 Å². The second-order valence-corrected chi connectivity index (χ2v) is 6.06. The number of amides is 1. The zero-order valence-corrected chi connectivity index (χ0v) is 13.1. The van der Waals surface area contributed by atoms with E-state index in [9.17, 15) is 4.79 Å². The first-order chi connectivity index (χ1) is 9.28. The zero-order valence-electron chi connectivity index (χ0n) is 13.1. The fourth-order valence-corrected chi connectivity index (χ4v) is 1.67. The normalized spacial score (nSPS) is 11.7. The molecule has 0 aromatic carbocycles. The van der Waals surface area contributed by atoms with Crippen molar-refractivity contribution in [2.24, 2.45) is 0 Å². The lowest BCUT2D eigenvalue weighted by atomic mass is 10.2. The number of carbonyl (C=O) groups excluding carboxylic acids is 1. The molecule has 1 amide bonds. The molecule has 114 valence electrons. The molecule has 0 unspecified atom stereocenters. The third-order valence-electron chi connectivity index (χ3n) is 2.64. The monoisotopic (exact) mass is 282 g/mol. The van der Waals surface area contributed by atoms with E-state index in [1.807, 2.05) is 47.4 Å². The number of hydrogen-bond acceptors (Lipinski definition) is 4. The van der Waals surface area contributed by atoms with Gasteiger partial charge >= 0.3 is 6.09 Å². The van der Waals surface area contributed by atoms with Crippen LogP contribution in [0.4, 0.5) is 4.79 Å². The van der Waals surface area contributed by atoms with Crippen molar-refractivity contribution < 1.29 is 9.53 Å². The van der Waals surface area contributed by atoms with E-state index in [0.29, 0.717) is 6.54 Å². The summed E-state index contributed by atoms with van der Waals surface area (Å²) >= 11 is 0. The first-order valence-electron chi connectivity index (χ1n) is 6.88. The highest BCUT2D eigenvalue weighted by atomic mass is 16.6. The van der Waals surface area contributed by atoms with Gasteiger partial charge < -0.3 is 19.5 Å². The van der Waals surface area contributed by atoms with Crippen molar-refractivity contribution >= 4 is 6.09 Å². The zero-order chi connectivity index (χ0) is 15.2. The minimum atomic E-state index is -0.461. The summed E-state index contributed by atoms with van der Waals surface area (Å²) in [5.41, 5.74) is 0.653. The maximum atomic E-state index is 11.5. The molecule has 0 spiro atoms. The summed E-state index contributed by atoms with van der Waals surface area (Å²) in [5.74, 6) is 0. The summed E-state index contributed by atoms with van der Waals surface area (Å²) < 4.78 is 7.30. The average Bonchev–Trinajstić information content (AvgIpc) is 2.71. The molecule has 0 fully saturated rings. The Morgan fingerprint density at radius 2 is 2.15 bits per heavy atom. The molecule has 0 aliphatic heterocycles. The Bertz CT molecular complexity index is 421. The second-order valence-electron chi connectivity index (χ2n) is 6.06. The molecule has 0 bridgehead atoms. The van der Waals surface area contributed by atoms with Crippen LogP contribution in [0.1, 0.15) is 26.5 Å². The molecule has 6 nitrogen and oxygen atoms in total. The highest BCUT2D eigenvalue weighted by Crippen LogP contribution is 2.06. The summed E-state index contributed by atoms with van der Waals surface area (Å²) in [6.07, 6.45) is 4.03. The van der Waals surface area contributed by atoms with E-state index in [4.69, 9.17) is 4.74 Å². The van der Waals surface area contributed by atoms with Crippen molar-refractivity contribution in [2.45, 2.75) is 39.3 Å². The van der Waals surface area contributed by atoms with Crippen molar-refractivity contribution in [3.8, 4) is 0 Å². The van der Waals surface area contributed by atoms with Gasteiger partial charge in [-0.15, -0.1) is 0 Å². The third-order valence-corrected chi connectivity index (χ3v) is 2.64. The molecular formula is C14H26N4O2. The summed E-state index contributed by atoms with van der Waals surface area (Å²) in [7, 11) is 4.08. The second kappa shape index (κ2) is 7.28. The van der Waals surface area contributed by atoms with Crippen LogP contribution in [-0.4, -0.2) is 53.3 Å². The van der Waals surface area contributed by atoms with Crippen molar-refractivity contribution in [1.29, 1.82) is 0 Å². The standard InChI is InChI=1S/C14H26N4O2/c1-14(2,3)20-13(19)16-7-6-12-10-15-11-18(12)9-8-17(4)5/h10-11H,6-9H2,1-5H3,(H,16,19). The molecule has 0 radical (unpaired) electrons. The predicted molar refractivity (Wildman–Crippen MR) is 78.7 cm³/mol. The minimum Gasteiger partial charge on any atom is -0.444 e. The third kappa shape index (κ3) is 6.56. The quantitative estimate of drug-likeness (QED) is 0.859. The van der Waals surface area contributed by atoms with Gasteiger partial charge in [0.25, 0.3) is 0 Å². The molecule has 0 saturated heterocycles. The number of ether oxygens (including phenoxy) is 1. The van der Waals surface area contributed by atoms with Crippen molar-refractivity contribution in [3.05, 3.63) is 18.2 Å². The minimum absolute atomic E-state index is 0.378. The maximum Gasteiger partial charge on any atom is 0.407 e. The Hall–Kier alpha value is -1.56. The van der Waals surface area contributed by atoms with Crippen LogP contribution in [0.15, 0.2) is 12.5 Å². The van der Waals surface area contributed by atoms with Gasteiger partial charge in [-0.2, -0.15) is 0 Å². The number of likely N-dealkylation sites (N-methyl/N-ethyl adjacent to an activating group) is 1. The van der Waals surface area contributed by atoms with Crippen molar-refractivity contribution in [1.82, 2.24) is 19.8 Å². The molecule has 0 aliphatic carbocycles. The molecule has 0 aliphatic rings. The first-order valence-corrected chi connectivity index (χ1v) is 6.88. The fraction of sp³-hybridized carbons (Fsp3) is 0.714. The van der Waals surface area contributed by atoms with Crippen LogP contribution in [0.3, 0.4) is 0 Å². The molecule has 1 rings (SSSR count). The summed E-state index contributed by atoms with van der Waals surface area (Å²) in [6, 6.07) is 0. The van der Waals surface area contributed by atoms with Gasteiger partial charge in [0, 0.05) is 37.9 Å². The Morgan fingerprint density at radius 3 is 2.75 bits per heavy atom. The SMILES string of the molecule is CN(C)CCn1cncc1CCNC(=O)OC(C)(C)C. The number of imidazole rings is 1. The van der Waals surface area contributed by atoms with Gasteiger partial charge in [0.2, 0.25) is 0 Å². The van der Waals surface area contributed by atoms with Crippen LogP contribution in [-0.2, 0) is 17.7 Å². The molecular weight excluding hydrogens is 256 g/mol. The molecule has 20 heavy (non-hydrogen) atoms.